The van der Waals surface area contributed by atoms with Gasteiger partial charge in [0, 0.05) is 11.1 Å². The van der Waals surface area contributed by atoms with E-state index in [0.29, 0.717) is 13.2 Å². The Morgan fingerprint density at radius 3 is 1.42 bits per heavy atom. The maximum Gasteiger partial charge on any atom is 0.162 e. The Labute approximate surface area is 117 Å². The Morgan fingerprint density at radius 2 is 1.11 bits per heavy atom. The van der Waals surface area contributed by atoms with Gasteiger partial charge >= 0.3 is 0 Å². The quantitative estimate of drug-likeness (QED) is 0.727. The van der Waals surface area contributed by atoms with E-state index in [4.69, 9.17) is 20.9 Å². The third-order valence-electron chi connectivity index (χ3n) is 4.61. The van der Waals surface area contributed by atoms with E-state index in [-0.39, 0.29) is 11.1 Å². The molecule has 0 unspecified atom stereocenters. The van der Waals surface area contributed by atoms with Crippen molar-refractivity contribution < 1.29 is 9.47 Å². The van der Waals surface area contributed by atoms with Gasteiger partial charge in [-0.05, 0) is 39.5 Å². The SMILES string of the molecule is CC(C)(OCC1(N)CCCC1)OCC1(N)CCCC1. The molecule has 19 heavy (non-hydrogen) atoms. The summed E-state index contributed by atoms with van der Waals surface area (Å²) in [6, 6.07) is 0. The maximum atomic E-state index is 6.31. The second-order valence-corrected chi connectivity index (χ2v) is 7.12. The highest BCUT2D eigenvalue weighted by atomic mass is 16.7. The van der Waals surface area contributed by atoms with Gasteiger partial charge in [-0.25, -0.2) is 0 Å². The van der Waals surface area contributed by atoms with Crippen LogP contribution in [0.5, 0.6) is 0 Å². The summed E-state index contributed by atoms with van der Waals surface area (Å²) in [6.45, 7) is 5.09. The second kappa shape index (κ2) is 5.68. The Balaban J connectivity index is 1.74. The average molecular weight is 270 g/mol. The molecule has 2 rings (SSSR count). The third-order valence-corrected chi connectivity index (χ3v) is 4.61. The zero-order valence-electron chi connectivity index (χ0n) is 12.5. The topological polar surface area (TPSA) is 70.5 Å². The van der Waals surface area contributed by atoms with Gasteiger partial charge in [-0.1, -0.05) is 25.7 Å². The van der Waals surface area contributed by atoms with Crippen LogP contribution in [0.3, 0.4) is 0 Å². The average Bonchev–Trinajstić information content (AvgIpc) is 2.96. The standard InChI is InChI=1S/C15H30N2O2/c1-13(2,18-11-14(16)7-3-4-8-14)19-12-15(17)9-5-6-10-15/h3-12,16-17H2,1-2H3. The Morgan fingerprint density at radius 1 is 0.789 bits per heavy atom. The molecule has 4 heteroatoms. The lowest BCUT2D eigenvalue weighted by Gasteiger charge is -2.34. The van der Waals surface area contributed by atoms with Crippen LogP contribution in [-0.2, 0) is 9.47 Å². The van der Waals surface area contributed by atoms with Gasteiger partial charge in [0.15, 0.2) is 5.79 Å². The lowest BCUT2D eigenvalue weighted by atomic mass is 10.0. The van der Waals surface area contributed by atoms with Crippen LogP contribution in [0.25, 0.3) is 0 Å². The lowest BCUT2D eigenvalue weighted by molar-refractivity contribution is -0.227. The molecule has 2 aliphatic carbocycles. The molecule has 112 valence electrons. The van der Waals surface area contributed by atoms with Crippen molar-refractivity contribution in [1.29, 1.82) is 0 Å². The van der Waals surface area contributed by atoms with Crippen molar-refractivity contribution in [3.8, 4) is 0 Å². The van der Waals surface area contributed by atoms with Crippen LogP contribution in [0.4, 0.5) is 0 Å². The van der Waals surface area contributed by atoms with Gasteiger partial charge in [0.25, 0.3) is 0 Å². The van der Waals surface area contributed by atoms with E-state index in [0.717, 1.165) is 25.7 Å². The van der Waals surface area contributed by atoms with E-state index in [1.54, 1.807) is 0 Å². The van der Waals surface area contributed by atoms with Crippen molar-refractivity contribution in [1.82, 2.24) is 0 Å². The van der Waals surface area contributed by atoms with Gasteiger partial charge in [-0.15, -0.1) is 0 Å². The molecule has 2 saturated carbocycles. The van der Waals surface area contributed by atoms with Crippen molar-refractivity contribution >= 4 is 0 Å². The maximum absolute atomic E-state index is 6.31. The molecule has 4 N–H and O–H groups in total. The summed E-state index contributed by atoms with van der Waals surface area (Å²) in [6.07, 6.45) is 9.10. The molecule has 0 aliphatic heterocycles. The van der Waals surface area contributed by atoms with Gasteiger partial charge in [0.1, 0.15) is 0 Å². The van der Waals surface area contributed by atoms with Crippen LogP contribution in [0.1, 0.15) is 65.2 Å². The first kappa shape index (κ1) is 15.2. The number of rotatable bonds is 6. The smallest absolute Gasteiger partial charge is 0.162 e. The molecule has 0 aromatic rings. The molecule has 0 saturated heterocycles. The fourth-order valence-corrected chi connectivity index (χ4v) is 3.12. The second-order valence-electron chi connectivity index (χ2n) is 7.12. The first-order valence-electron chi connectivity index (χ1n) is 7.68. The van der Waals surface area contributed by atoms with Gasteiger partial charge < -0.3 is 20.9 Å². The molecule has 0 aromatic heterocycles. The summed E-state index contributed by atoms with van der Waals surface area (Å²) in [4.78, 5) is 0. The molecule has 0 heterocycles. The highest BCUT2D eigenvalue weighted by Gasteiger charge is 2.35. The van der Waals surface area contributed by atoms with Crippen molar-refractivity contribution in [2.75, 3.05) is 13.2 Å². The van der Waals surface area contributed by atoms with Crippen molar-refractivity contribution in [3.63, 3.8) is 0 Å². The van der Waals surface area contributed by atoms with Gasteiger partial charge in [0.2, 0.25) is 0 Å². The molecule has 0 atom stereocenters. The fourth-order valence-electron chi connectivity index (χ4n) is 3.12. The summed E-state index contributed by atoms with van der Waals surface area (Å²) < 4.78 is 11.8. The van der Waals surface area contributed by atoms with E-state index in [1.165, 1.54) is 25.7 Å². The summed E-state index contributed by atoms with van der Waals surface area (Å²) in [5.74, 6) is -0.593. The minimum atomic E-state index is -0.593. The molecule has 2 aliphatic rings. The zero-order valence-corrected chi connectivity index (χ0v) is 12.5. The fraction of sp³-hybridized carbons (Fsp3) is 1.00. The van der Waals surface area contributed by atoms with Crippen LogP contribution >= 0.6 is 0 Å². The highest BCUT2D eigenvalue weighted by molar-refractivity contribution is 4.91. The van der Waals surface area contributed by atoms with Crippen LogP contribution in [0, 0.1) is 0 Å². The summed E-state index contributed by atoms with van der Waals surface area (Å²) in [5, 5.41) is 0. The van der Waals surface area contributed by atoms with Crippen molar-refractivity contribution in [2.24, 2.45) is 11.5 Å². The zero-order chi connectivity index (χ0) is 14.0. The third kappa shape index (κ3) is 4.42. The number of nitrogens with two attached hydrogens (primary N) is 2. The normalized spacial score (nSPS) is 25.9. The monoisotopic (exact) mass is 270 g/mol. The van der Waals surface area contributed by atoms with E-state index >= 15 is 0 Å². The summed E-state index contributed by atoms with van der Waals surface area (Å²) in [7, 11) is 0. The van der Waals surface area contributed by atoms with Gasteiger partial charge in [-0.3, -0.25) is 0 Å². The Hall–Kier alpha value is -0.160. The summed E-state index contributed by atoms with van der Waals surface area (Å²) in [5.41, 5.74) is 12.3. The van der Waals surface area contributed by atoms with Crippen LogP contribution in [0.2, 0.25) is 0 Å². The highest BCUT2D eigenvalue weighted by Crippen LogP contribution is 2.31. The van der Waals surface area contributed by atoms with Crippen molar-refractivity contribution in [3.05, 3.63) is 0 Å². The molecular formula is C15H30N2O2. The molecule has 0 bridgehead atoms. The largest absolute Gasteiger partial charge is 0.349 e. The molecule has 0 aromatic carbocycles. The molecule has 0 amide bonds. The lowest BCUT2D eigenvalue weighted by Crippen LogP contribution is -2.48. The number of ether oxygens (including phenoxy) is 2. The van der Waals surface area contributed by atoms with Gasteiger partial charge in [-0.2, -0.15) is 0 Å². The minimum Gasteiger partial charge on any atom is -0.349 e. The van der Waals surface area contributed by atoms with Crippen LogP contribution < -0.4 is 11.5 Å². The molecule has 2 fully saturated rings. The predicted octanol–water partition coefficient (Wildman–Crippen LogP) is 2.30. The van der Waals surface area contributed by atoms with Crippen LogP contribution in [0.15, 0.2) is 0 Å². The van der Waals surface area contributed by atoms with Crippen molar-refractivity contribution in [2.45, 2.75) is 82.1 Å². The Bertz CT molecular complexity index is 265. The molecule has 4 nitrogen and oxygen atoms in total. The molecule has 0 spiro atoms. The first-order chi connectivity index (χ1) is 8.83. The van der Waals surface area contributed by atoms with E-state index < -0.39 is 5.79 Å². The van der Waals surface area contributed by atoms with E-state index in [2.05, 4.69) is 0 Å². The minimum absolute atomic E-state index is 0.144. The number of hydrogen-bond donors (Lipinski definition) is 2. The van der Waals surface area contributed by atoms with E-state index in [1.807, 2.05) is 13.8 Å². The predicted molar refractivity (Wildman–Crippen MR) is 76.8 cm³/mol. The summed E-state index contributed by atoms with van der Waals surface area (Å²) >= 11 is 0. The molecule has 0 radical (unpaired) electrons. The van der Waals surface area contributed by atoms with E-state index in [9.17, 15) is 0 Å². The van der Waals surface area contributed by atoms with Crippen LogP contribution in [-0.4, -0.2) is 30.1 Å². The first-order valence-corrected chi connectivity index (χ1v) is 7.68. The molecular weight excluding hydrogens is 240 g/mol. The Kier molecular flexibility index (Phi) is 4.56. The number of hydrogen-bond acceptors (Lipinski definition) is 4. The van der Waals surface area contributed by atoms with Gasteiger partial charge in [0.05, 0.1) is 13.2 Å².